The standard InChI is InChI=1S/C14H13NO4/c16-9-11-3-1-10(2-4-11)8-15-6-5-12(14(18)19)7-13(15)17/h1-7,16H,8-9H2,(H,18,19). The molecule has 0 saturated heterocycles. The molecule has 0 spiro atoms. The zero-order chi connectivity index (χ0) is 13.8. The van der Waals surface area contributed by atoms with Gasteiger partial charge in [-0.25, -0.2) is 4.79 Å². The Morgan fingerprint density at radius 3 is 2.26 bits per heavy atom. The second-order valence-electron chi connectivity index (χ2n) is 4.16. The predicted molar refractivity (Wildman–Crippen MR) is 69.1 cm³/mol. The van der Waals surface area contributed by atoms with Crippen LogP contribution in [0.4, 0.5) is 0 Å². The minimum absolute atomic E-state index is 0.0168. The van der Waals surface area contributed by atoms with Crippen molar-refractivity contribution in [3.8, 4) is 0 Å². The molecule has 0 aliphatic rings. The number of aliphatic hydroxyl groups excluding tert-OH is 1. The Bertz CT molecular complexity index is 643. The summed E-state index contributed by atoms with van der Waals surface area (Å²) >= 11 is 0. The minimum Gasteiger partial charge on any atom is -0.478 e. The first kappa shape index (κ1) is 13.0. The summed E-state index contributed by atoms with van der Waals surface area (Å²) in [5.74, 6) is -1.11. The first-order valence-electron chi connectivity index (χ1n) is 5.72. The normalized spacial score (nSPS) is 10.4. The number of hydrogen-bond donors (Lipinski definition) is 2. The van der Waals surface area contributed by atoms with E-state index in [1.54, 1.807) is 12.1 Å². The number of carboxylic acids is 1. The van der Waals surface area contributed by atoms with E-state index in [-0.39, 0.29) is 17.7 Å². The molecule has 0 bridgehead atoms. The van der Waals surface area contributed by atoms with E-state index in [0.29, 0.717) is 6.54 Å². The fraction of sp³-hybridized carbons (Fsp3) is 0.143. The van der Waals surface area contributed by atoms with Crippen LogP contribution in [-0.2, 0) is 13.2 Å². The highest BCUT2D eigenvalue weighted by Crippen LogP contribution is 2.06. The highest BCUT2D eigenvalue weighted by molar-refractivity contribution is 5.87. The van der Waals surface area contributed by atoms with Crippen LogP contribution in [0.3, 0.4) is 0 Å². The third kappa shape index (κ3) is 3.08. The van der Waals surface area contributed by atoms with E-state index in [1.807, 2.05) is 12.1 Å². The van der Waals surface area contributed by atoms with Gasteiger partial charge in [0.1, 0.15) is 0 Å². The molecule has 1 aromatic carbocycles. The van der Waals surface area contributed by atoms with Crippen molar-refractivity contribution in [3.63, 3.8) is 0 Å². The van der Waals surface area contributed by atoms with Crippen LogP contribution in [-0.4, -0.2) is 20.7 Å². The summed E-state index contributed by atoms with van der Waals surface area (Å²) in [6.07, 6.45) is 1.46. The SMILES string of the molecule is O=C(O)c1ccn(Cc2ccc(CO)cc2)c(=O)c1. The molecule has 0 aliphatic carbocycles. The molecule has 2 rings (SSSR count). The van der Waals surface area contributed by atoms with Crippen molar-refractivity contribution in [2.75, 3.05) is 0 Å². The maximum Gasteiger partial charge on any atom is 0.335 e. The van der Waals surface area contributed by atoms with Gasteiger partial charge in [-0.15, -0.1) is 0 Å². The lowest BCUT2D eigenvalue weighted by Gasteiger charge is -2.06. The largest absolute Gasteiger partial charge is 0.478 e. The summed E-state index contributed by atoms with van der Waals surface area (Å²) in [5.41, 5.74) is 1.34. The van der Waals surface area contributed by atoms with Crippen molar-refractivity contribution in [1.29, 1.82) is 0 Å². The van der Waals surface area contributed by atoms with Gasteiger partial charge in [0.15, 0.2) is 0 Å². The maximum absolute atomic E-state index is 11.7. The molecule has 0 fully saturated rings. The molecule has 0 saturated carbocycles. The molecule has 5 nitrogen and oxygen atoms in total. The van der Waals surface area contributed by atoms with Gasteiger partial charge < -0.3 is 14.8 Å². The zero-order valence-corrected chi connectivity index (χ0v) is 10.1. The van der Waals surface area contributed by atoms with Crippen LogP contribution in [0.1, 0.15) is 21.5 Å². The van der Waals surface area contributed by atoms with Crippen molar-refractivity contribution in [3.05, 3.63) is 69.6 Å². The highest BCUT2D eigenvalue weighted by atomic mass is 16.4. The predicted octanol–water partition coefficient (Wildman–Crippen LogP) is 1.09. The van der Waals surface area contributed by atoms with Crippen molar-refractivity contribution < 1.29 is 15.0 Å². The van der Waals surface area contributed by atoms with Crippen molar-refractivity contribution >= 4 is 5.97 Å². The molecule has 0 atom stereocenters. The van der Waals surface area contributed by atoms with Crippen LogP contribution in [0, 0.1) is 0 Å². The molecule has 0 radical (unpaired) electrons. The highest BCUT2D eigenvalue weighted by Gasteiger charge is 2.05. The molecule has 0 unspecified atom stereocenters. The lowest BCUT2D eigenvalue weighted by Crippen LogP contribution is -2.20. The third-order valence-electron chi connectivity index (χ3n) is 2.80. The summed E-state index contributed by atoms with van der Waals surface area (Å²) in [6, 6.07) is 9.71. The molecular formula is C14H13NO4. The van der Waals surface area contributed by atoms with Crippen molar-refractivity contribution in [2.45, 2.75) is 13.2 Å². The lowest BCUT2D eigenvalue weighted by molar-refractivity contribution is 0.0696. The topological polar surface area (TPSA) is 79.5 Å². The van der Waals surface area contributed by atoms with Crippen molar-refractivity contribution in [2.24, 2.45) is 0 Å². The van der Waals surface area contributed by atoms with Gasteiger partial charge in [-0.2, -0.15) is 0 Å². The van der Waals surface area contributed by atoms with E-state index in [1.165, 1.54) is 16.8 Å². The lowest BCUT2D eigenvalue weighted by atomic mass is 10.1. The van der Waals surface area contributed by atoms with Crippen LogP contribution < -0.4 is 5.56 Å². The van der Waals surface area contributed by atoms with E-state index in [9.17, 15) is 9.59 Å². The second kappa shape index (κ2) is 5.49. The van der Waals surface area contributed by atoms with Crippen LogP contribution in [0.25, 0.3) is 0 Å². The Kier molecular flexibility index (Phi) is 3.77. The van der Waals surface area contributed by atoms with Gasteiger partial charge in [0.2, 0.25) is 0 Å². The molecule has 2 N–H and O–H groups in total. The number of aromatic carboxylic acids is 1. The minimum atomic E-state index is -1.11. The maximum atomic E-state index is 11.7. The Balaban J connectivity index is 2.23. The molecule has 0 amide bonds. The summed E-state index contributed by atoms with van der Waals surface area (Å²) in [7, 11) is 0. The Morgan fingerprint density at radius 1 is 1.11 bits per heavy atom. The average Bonchev–Trinajstić information content (AvgIpc) is 2.41. The fourth-order valence-electron chi connectivity index (χ4n) is 1.72. The van der Waals surface area contributed by atoms with Gasteiger partial charge in [0.25, 0.3) is 5.56 Å². The second-order valence-corrected chi connectivity index (χ2v) is 4.16. The Labute approximate surface area is 109 Å². The van der Waals surface area contributed by atoms with Gasteiger partial charge in [-0.05, 0) is 17.2 Å². The molecule has 0 aliphatic heterocycles. The zero-order valence-electron chi connectivity index (χ0n) is 10.1. The summed E-state index contributed by atoms with van der Waals surface area (Å²) in [6.45, 7) is 0.345. The third-order valence-corrected chi connectivity index (χ3v) is 2.80. The first-order chi connectivity index (χ1) is 9.10. The number of benzene rings is 1. The van der Waals surface area contributed by atoms with E-state index in [4.69, 9.17) is 10.2 Å². The number of carbonyl (C=O) groups is 1. The van der Waals surface area contributed by atoms with Crippen LogP contribution in [0.5, 0.6) is 0 Å². The van der Waals surface area contributed by atoms with Crippen LogP contribution in [0.2, 0.25) is 0 Å². The van der Waals surface area contributed by atoms with Gasteiger partial charge in [0, 0.05) is 12.3 Å². The summed E-state index contributed by atoms with van der Waals surface area (Å²) in [5, 5.41) is 17.7. The van der Waals surface area contributed by atoms with Gasteiger partial charge in [-0.3, -0.25) is 4.79 Å². The average molecular weight is 259 g/mol. The molecule has 5 heteroatoms. The van der Waals surface area contributed by atoms with Gasteiger partial charge in [-0.1, -0.05) is 24.3 Å². The van der Waals surface area contributed by atoms with E-state index >= 15 is 0 Å². The van der Waals surface area contributed by atoms with E-state index in [2.05, 4.69) is 0 Å². The monoisotopic (exact) mass is 259 g/mol. The molecule has 98 valence electrons. The van der Waals surface area contributed by atoms with Crippen molar-refractivity contribution in [1.82, 2.24) is 4.57 Å². The van der Waals surface area contributed by atoms with E-state index < -0.39 is 5.97 Å². The number of carboxylic acid groups (broad SMARTS) is 1. The van der Waals surface area contributed by atoms with Gasteiger partial charge in [0.05, 0.1) is 18.7 Å². The molecule has 19 heavy (non-hydrogen) atoms. The molecular weight excluding hydrogens is 246 g/mol. The smallest absolute Gasteiger partial charge is 0.335 e. The fourth-order valence-corrected chi connectivity index (χ4v) is 1.72. The molecule has 1 heterocycles. The first-order valence-corrected chi connectivity index (χ1v) is 5.72. The number of hydrogen-bond acceptors (Lipinski definition) is 3. The van der Waals surface area contributed by atoms with Gasteiger partial charge >= 0.3 is 5.97 Å². The molecule has 2 aromatic rings. The molecule has 1 aromatic heterocycles. The van der Waals surface area contributed by atoms with Crippen LogP contribution in [0.15, 0.2) is 47.4 Å². The number of rotatable bonds is 4. The number of pyridine rings is 1. The van der Waals surface area contributed by atoms with E-state index in [0.717, 1.165) is 17.2 Å². The number of aromatic nitrogens is 1. The Morgan fingerprint density at radius 2 is 1.74 bits per heavy atom. The van der Waals surface area contributed by atoms with Crippen LogP contribution >= 0.6 is 0 Å². The quantitative estimate of drug-likeness (QED) is 0.861. The number of nitrogens with zero attached hydrogens (tertiary/aromatic N) is 1. The summed E-state index contributed by atoms with van der Waals surface area (Å²) in [4.78, 5) is 22.5. The summed E-state index contributed by atoms with van der Waals surface area (Å²) < 4.78 is 1.43. The Hall–Kier alpha value is -2.40. The number of aliphatic hydroxyl groups is 1.